The maximum Gasteiger partial charge on any atom is 0.247 e. The number of nitrogens with zero attached hydrogens (tertiary/aromatic N) is 4. The molecule has 0 aliphatic carbocycles. The fourth-order valence-corrected chi connectivity index (χ4v) is 4.38. The Hall–Kier alpha value is -4.74. The van der Waals surface area contributed by atoms with Crippen LogP contribution in [0.1, 0.15) is 5.56 Å². The Balaban J connectivity index is 1.42. The molecule has 2 aromatic carbocycles. The third kappa shape index (κ3) is 4.81. The van der Waals surface area contributed by atoms with E-state index in [1.165, 1.54) is 17.8 Å². The lowest BCUT2D eigenvalue weighted by atomic mass is 10.1. The predicted molar refractivity (Wildman–Crippen MR) is 137 cm³/mol. The highest BCUT2D eigenvalue weighted by atomic mass is 32.2. The zero-order chi connectivity index (χ0) is 24.2. The lowest BCUT2D eigenvalue weighted by molar-refractivity contribution is -0.111. The molecular weight excluding hydrogens is 456 g/mol. The quantitative estimate of drug-likeness (QED) is 0.300. The number of benzene rings is 2. The summed E-state index contributed by atoms with van der Waals surface area (Å²) in [6.45, 7) is 3.48. The number of H-pyrrole nitrogens is 1. The molecule has 0 bridgehead atoms. The van der Waals surface area contributed by atoms with Crippen molar-refractivity contribution in [3.8, 4) is 28.5 Å². The molecule has 7 nitrogen and oxygen atoms in total. The zero-order valence-electron chi connectivity index (χ0n) is 18.4. The van der Waals surface area contributed by atoms with Crippen molar-refractivity contribution >= 4 is 34.5 Å². The van der Waals surface area contributed by atoms with Crippen LogP contribution in [-0.4, -0.2) is 25.8 Å². The second kappa shape index (κ2) is 9.63. The van der Waals surface area contributed by atoms with Crippen LogP contribution in [0.25, 0.3) is 33.5 Å². The van der Waals surface area contributed by atoms with Crippen molar-refractivity contribution in [1.82, 2.24) is 19.9 Å². The van der Waals surface area contributed by atoms with Gasteiger partial charge in [0.05, 0.1) is 23.5 Å². The van der Waals surface area contributed by atoms with Gasteiger partial charge < -0.3 is 10.3 Å². The minimum Gasteiger partial charge on any atom is -0.344 e. The van der Waals surface area contributed by atoms with E-state index in [1.807, 2.05) is 60.8 Å². The van der Waals surface area contributed by atoms with Crippen molar-refractivity contribution in [3.63, 3.8) is 0 Å². The number of nitriles is 1. The highest BCUT2D eigenvalue weighted by Gasteiger charge is 2.12. The Morgan fingerprint density at radius 1 is 1.06 bits per heavy atom. The largest absolute Gasteiger partial charge is 0.344 e. The monoisotopic (exact) mass is 474 g/mol. The highest BCUT2D eigenvalue weighted by molar-refractivity contribution is 7.99. The molecule has 168 valence electrons. The van der Waals surface area contributed by atoms with Gasteiger partial charge in [0, 0.05) is 39.7 Å². The molecular formula is C27H18N6OS. The number of hydrogen-bond donors (Lipinski definition) is 2. The maximum atomic E-state index is 11.6. The molecule has 0 aliphatic heterocycles. The first kappa shape index (κ1) is 22.1. The van der Waals surface area contributed by atoms with Gasteiger partial charge in [-0.25, -0.2) is 9.97 Å². The van der Waals surface area contributed by atoms with Crippen molar-refractivity contribution in [1.29, 1.82) is 5.26 Å². The number of pyridine rings is 1. The van der Waals surface area contributed by atoms with Gasteiger partial charge in [0.25, 0.3) is 0 Å². The molecule has 0 fully saturated rings. The first-order valence-corrected chi connectivity index (χ1v) is 11.5. The molecule has 0 spiro atoms. The summed E-state index contributed by atoms with van der Waals surface area (Å²) < 4.78 is 0. The molecule has 0 unspecified atom stereocenters. The molecule has 2 N–H and O–H groups in total. The van der Waals surface area contributed by atoms with Crippen molar-refractivity contribution in [2.24, 2.45) is 0 Å². The SMILES string of the molecule is C=CC(=O)Nc1cccc(Sc2cnc3[nH]cc(-c4ccc(-c5cccc(C#N)c5)nc4)c3n2)c1. The van der Waals surface area contributed by atoms with Crippen molar-refractivity contribution < 1.29 is 4.79 Å². The van der Waals surface area contributed by atoms with Gasteiger partial charge in [0.15, 0.2) is 5.65 Å². The Kier molecular flexibility index (Phi) is 6.07. The van der Waals surface area contributed by atoms with E-state index in [4.69, 9.17) is 10.2 Å². The van der Waals surface area contributed by atoms with Crippen LogP contribution >= 0.6 is 11.8 Å². The predicted octanol–water partition coefficient (Wildman–Crippen LogP) is 5.83. The number of aromatic nitrogens is 4. The molecule has 1 amide bonds. The normalized spacial score (nSPS) is 10.6. The third-order valence-electron chi connectivity index (χ3n) is 5.23. The standard InChI is InChI=1S/C27H18N6OS/c1-2-24(34)32-20-7-4-8-21(12-20)35-25-16-31-27-26(33-25)22(15-30-27)19-9-10-23(29-14-19)18-6-3-5-17(11-18)13-28/h2-12,14-16H,1H2,(H,30,31)(H,32,34). The maximum absolute atomic E-state index is 11.6. The van der Waals surface area contributed by atoms with E-state index in [-0.39, 0.29) is 5.91 Å². The molecule has 0 aliphatic rings. The first-order chi connectivity index (χ1) is 17.1. The zero-order valence-corrected chi connectivity index (χ0v) is 19.2. The number of carbonyl (C=O) groups excluding carboxylic acids is 1. The number of carbonyl (C=O) groups is 1. The summed E-state index contributed by atoms with van der Waals surface area (Å²) in [5, 5.41) is 12.6. The smallest absolute Gasteiger partial charge is 0.247 e. The van der Waals surface area contributed by atoms with Crippen molar-refractivity contribution in [2.45, 2.75) is 9.92 Å². The fraction of sp³-hybridized carbons (Fsp3) is 0. The van der Waals surface area contributed by atoms with Crippen LogP contribution in [0, 0.1) is 11.3 Å². The number of aromatic amines is 1. The molecule has 3 aromatic heterocycles. The number of anilines is 1. The van der Waals surface area contributed by atoms with Gasteiger partial charge in [0.2, 0.25) is 5.91 Å². The van der Waals surface area contributed by atoms with E-state index in [0.717, 1.165) is 37.8 Å². The summed E-state index contributed by atoms with van der Waals surface area (Å²) in [5.74, 6) is -0.261. The van der Waals surface area contributed by atoms with Crippen molar-refractivity contribution in [3.05, 3.63) is 97.5 Å². The summed E-state index contributed by atoms with van der Waals surface area (Å²) in [6, 6.07) is 20.9. The van der Waals surface area contributed by atoms with E-state index in [9.17, 15) is 4.79 Å². The summed E-state index contributed by atoms with van der Waals surface area (Å²) in [4.78, 5) is 29.6. The van der Waals surface area contributed by atoms with Crippen LogP contribution in [0.3, 0.4) is 0 Å². The van der Waals surface area contributed by atoms with Crippen LogP contribution in [0.15, 0.2) is 102 Å². The van der Waals surface area contributed by atoms with Crippen LogP contribution in [0.5, 0.6) is 0 Å². The summed E-state index contributed by atoms with van der Waals surface area (Å²) in [5.41, 5.74) is 6.18. The lowest BCUT2D eigenvalue weighted by Crippen LogP contribution is -2.06. The van der Waals surface area contributed by atoms with Gasteiger partial charge in [-0.15, -0.1) is 0 Å². The van der Waals surface area contributed by atoms with E-state index in [1.54, 1.807) is 18.5 Å². The van der Waals surface area contributed by atoms with E-state index >= 15 is 0 Å². The van der Waals surface area contributed by atoms with Crippen LogP contribution < -0.4 is 5.32 Å². The molecule has 5 aromatic rings. The number of hydrogen-bond acceptors (Lipinski definition) is 6. The Morgan fingerprint density at radius 2 is 1.94 bits per heavy atom. The summed E-state index contributed by atoms with van der Waals surface area (Å²) >= 11 is 1.46. The minimum atomic E-state index is -0.261. The first-order valence-electron chi connectivity index (χ1n) is 10.7. The molecule has 5 rings (SSSR count). The van der Waals surface area contributed by atoms with Gasteiger partial charge in [-0.2, -0.15) is 5.26 Å². The average molecular weight is 475 g/mol. The van der Waals surface area contributed by atoms with Gasteiger partial charge in [-0.1, -0.05) is 42.6 Å². The number of rotatable bonds is 6. The highest BCUT2D eigenvalue weighted by Crippen LogP contribution is 2.32. The Labute approximate surface area is 205 Å². The van der Waals surface area contributed by atoms with Crippen LogP contribution in [0.4, 0.5) is 5.69 Å². The van der Waals surface area contributed by atoms with Gasteiger partial charge in [-0.05, 0) is 42.5 Å². The van der Waals surface area contributed by atoms with E-state index in [2.05, 4.69) is 32.9 Å². The average Bonchev–Trinajstić information content (AvgIpc) is 3.32. The lowest BCUT2D eigenvalue weighted by Gasteiger charge is -2.06. The molecule has 3 heterocycles. The fourth-order valence-electron chi connectivity index (χ4n) is 3.57. The minimum absolute atomic E-state index is 0.261. The second-order valence-electron chi connectivity index (χ2n) is 7.56. The van der Waals surface area contributed by atoms with E-state index in [0.29, 0.717) is 16.9 Å². The molecule has 0 saturated heterocycles. The number of nitrogens with one attached hydrogen (secondary N) is 2. The second-order valence-corrected chi connectivity index (χ2v) is 8.65. The van der Waals surface area contributed by atoms with Gasteiger partial charge in [-0.3, -0.25) is 9.78 Å². The summed E-state index contributed by atoms with van der Waals surface area (Å²) in [7, 11) is 0. The van der Waals surface area contributed by atoms with Gasteiger partial charge >= 0.3 is 0 Å². The third-order valence-corrected chi connectivity index (χ3v) is 6.13. The molecule has 0 atom stereocenters. The number of amides is 1. The molecule has 35 heavy (non-hydrogen) atoms. The number of fused-ring (bicyclic) bond motifs is 1. The summed E-state index contributed by atoms with van der Waals surface area (Å²) in [6.07, 6.45) is 6.62. The topological polar surface area (TPSA) is 107 Å². The van der Waals surface area contributed by atoms with E-state index < -0.39 is 0 Å². The Bertz CT molecular complexity index is 1600. The van der Waals surface area contributed by atoms with Crippen molar-refractivity contribution in [2.75, 3.05) is 5.32 Å². The molecule has 0 radical (unpaired) electrons. The van der Waals surface area contributed by atoms with Crippen LogP contribution in [0.2, 0.25) is 0 Å². The molecule has 0 saturated carbocycles. The molecule has 8 heteroatoms. The van der Waals surface area contributed by atoms with Gasteiger partial charge in [0.1, 0.15) is 10.5 Å². The van der Waals surface area contributed by atoms with Crippen LogP contribution in [-0.2, 0) is 4.79 Å². The Morgan fingerprint density at radius 3 is 2.74 bits per heavy atom.